The molecule has 7 atom stereocenters. The molecule has 0 saturated carbocycles. The molecular weight excluding hydrogens is 444 g/mol. The molecule has 0 aromatic heterocycles. The zero-order valence-corrected chi connectivity index (χ0v) is 18.9. The Morgan fingerprint density at radius 1 is 0.611 bits per heavy atom. The highest BCUT2D eigenvalue weighted by Gasteiger charge is 2.84. The Morgan fingerprint density at radius 2 is 1.36 bits per heavy atom. The maximum atomic E-state index is 6.84. The third-order valence-corrected chi connectivity index (χ3v) is 12.4. The standard InChI is InChI=1S/C33H14O3/c1-2-9-4-12-7-32-25-18(12)20-15(9)14-8(1)3-10-5-11-6-13-24-22-17(11)16(10)19(14)21(20)23(22)26(25)33(24)29(28-27(13)34-28)35-31(33)30(32)36-32/h1-4,6,27-31H,5,7H2. The first-order chi connectivity index (χ1) is 17.8. The van der Waals surface area contributed by atoms with Gasteiger partial charge in [-0.1, -0.05) is 30.3 Å². The van der Waals surface area contributed by atoms with Crippen LogP contribution >= 0.6 is 0 Å². The molecule has 164 valence electrons. The molecule has 3 heteroatoms. The van der Waals surface area contributed by atoms with Crippen LogP contribution in [0.3, 0.4) is 0 Å². The van der Waals surface area contributed by atoms with Gasteiger partial charge < -0.3 is 14.2 Å². The number of epoxide rings is 2. The van der Waals surface area contributed by atoms with Gasteiger partial charge in [-0.3, -0.25) is 0 Å². The van der Waals surface area contributed by atoms with Gasteiger partial charge >= 0.3 is 0 Å². The highest BCUT2D eigenvalue weighted by atomic mass is 16.7. The molecule has 7 unspecified atom stereocenters. The first-order valence-corrected chi connectivity index (χ1v) is 13.6. The average molecular weight is 458 g/mol. The third-order valence-electron chi connectivity index (χ3n) is 12.4. The van der Waals surface area contributed by atoms with Crippen molar-refractivity contribution in [1.82, 2.24) is 0 Å². The van der Waals surface area contributed by atoms with Gasteiger partial charge in [0.1, 0.15) is 36.1 Å². The van der Waals surface area contributed by atoms with Gasteiger partial charge in [-0.25, -0.2) is 0 Å². The summed E-state index contributed by atoms with van der Waals surface area (Å²) in [4.78, 5) is 0. The van der Waals surface area contributed by atoms with Gasteiger partial charge in [0.05, 0.1) is 5.41 Å². The molecule has 3 aliphatic heterocycles. The minimum atomic E-state index is -0.170. The van der Waals surface area contributed by atoms with Crippen molar-refractivity contribution >= 4 is 64.6 Å². The van der Waals surface area contributed by atoms with Crippen molar-refractivity contribution in [2.75, 3.05) is 0 Å². The zero-order chi connectivity index (χ0) is 21.9. The summed E-state index contributed by atoms with van der Waals surface area (Å²) in [6, 6.07) is 12.4. The lowest BCUT2D eigenvalue weighted by molar-refractivity contribution is -0.206. The summed E-state index contributed by atoms with van der Waals surface area (Å²) in [6.45, 7) is 0. The van der Waals surface area contributed by atoms with E-state index in [0.29, 0.717) is 0 Å². The van der Waals surface area contributed by atoms with Crippen LogP contribution in [-0.4, -0.2) is 24.4 Å². The first-order valence-electron chi connectivity index (χ1n) is 13.6. The van der Waals surface area contributed by atoms with Gasteiger partial charge in [0.15, 0.2) is 0 Å². The molecule has 7 aromatic carbocycles. The quantitative estimate of drug-likeness (QED) is 0.213. The van der Waals surface area contributed by atoms with E-state index in [9.17, 15) is 0 Å². The van der Waals surface area contributed by atoms with Crippen LogP contribution in [0.25, 0.3) is 64.6 Å². The van der Waals surface area contributed by atoms with Crippen molar-refractivity contribution in [1.29, 1.82) is 0 Å². The summed E-state index contributed by atoms with van der Waals surface area (Å²) in [6.07, 6.45) is 2.92. The van der Waals surface area contributed by atoms with Gasteiger partial charge in [0.2, 0.25) is 0 Å². The number of hydrogen-bond acceptors (Lipinski definition) is 3. The summed E-state index contributed by atoms with van der Waals surface area (Å²) in [5, 5.41) is 18.4. The minimum Gasteiger partial charge on any atom is -0.367 e. The van der Waals surface area contributed by atoms with Gasteiger partial charge in [0.25, 0.3) is 0 Å². The fourth-order valence-corrected chi connectivity index (χ4v) is 11.6. The van der Waals surface area contributed by atoms with Gasteiger partial charge in [-0.05, 0) is 110 Å². The van der Waals surface area contributed by atoms with E-state index in [2.05, 4.69) is 30.3 Å². The number of rotatable bonds is 0. The van der Waals surface area contributed by atoms with Crippen molar-refractivity contribution in [3.05, 3.63) is 69.3 Å². The number of benzene rings is 6. The Bertz CT molecular complexity index is 2450. The molecule has 3 fully saturated rings. The third kappa shape index (κ3) is 0.968. The van der Waals surface area contributed by atoms with E-state index in [1.165, 1.54) is 43.8 Å². The molecule has 0 radical (unpaired) electrons. The maximum Gasteiger partial charge on any atom is 0.127 e. The molecule has 8 aliphatic rings. The van der Waals surface area contributed by atoms with E-state index in [-0.39, 0.29) is 41.5 Å². The Balaban J connectivity index is 1.43. The fraction of sp³-hybridized carbons (Fsp3) is 0.273. The van der Waals surface area contributed by atoms with Crippen molar-refractivity contribution in [2.24, 2.45) is 0 Å². The highest BCUT2D eigenvalue weighted by Crippen LogP contribution is 2.79. The molecule has 5 aliphatic carbocycles. The van der Waals surface area contributed by atoms with E-state index < -0.39 is 0 Å². The van der Waals surface area contributed by atoms with Crippen molar-refractivity contribution in [3.8, 4) is 0 Å². The molecule has 3 saturated heterocycles. The van der Waals surface area contributed by atoms with Crippen LogP contribution in [0, 0.1) is 0 Å². The summed E-state index contributed by atoms with van der Waals surface area (Å²) in [7, 11) is 0. The summed E-state index contributed by atoms with van der Waals surface area (Å²) in [5.74, 6) is 0. The molecule has 2 spiro atoms. The first kappa shape index (κ1) is 15.1. The predicted molar refractivity (Wildman–Crippen MR) is 135 cm³/mol. The monoisotopic (exact) mass is 458 g/mol. The normalized spacial score (nSPS) is 39.6. The van der Waals surface area contributed by atoms with E-state index in [0.717, 1.165) is 12.8 Å². The van der Waals surface area contributed by atoms with Crippen LogP contribution in [0.1, 0.15) is 45.0 Å². The van der Waals surface area contributed by atoms with Crippen LogP contribution in [0.5, 0.6) is 0 Å². The average Bonchev–Trinajstić information content (AvgIpc) is 3.59. The van der Waals surface area contributed by atoms with Crippen LogP contribution in [0.4, 0.5) is 0 Å². The van der Waals surface area contributed by atoms with E-state index in [4.69, 9.17) is 14.2 Å². The number of fused-ring (bicyclic) bond motifs is 4. The van der Waals surface area contributed by atoms with Crippen LogP contribution in [0.15, 0.2) is 30.3 Å². The SMILES string of the molecule is c1c2c3c4c5c1Cc1cc6ccc7cc8c9c%10c(c4c4c9c7c6c4c15)C31C(OC1C1OC%101C8)C1OC21. The summed E-state index contributed by atoms with van der Waals surface area (Å²) >= 11 is 0. The lowest BCUT2D eigenvalue weighted by Gasteiger charge is -2.58. The Hall–Kier alpha value is -3.24. The second kappa shape index (κ2) is 3.65. The minimum absolute atomic E-state index is 0.0767. The second-order valence-electron chi connectivity index (χ2n) is 13.2. The number of ether oxygens (including phenoxy) is 3. The van der Waals surface area contributed by atoms with E-state index >= 15 is 0 Å². The molecule has 0 N–H and O–H groups in total. The summed E-state index contributed by atoms with van der Waals surface area (Å²) < 4.78 is 20.1. The molecular formula is C33H14O3. The van der Waals surface area contributed by atoms with Crippen molar-refractivity contribution in [3.63, 3.8) is 0 Å². The molecule has 36 heavy (non-hydrogen) atoms. The Kier molecular flexibility index (Phi) is 1.53. The number of hydrogen-bond donors (Lipinski definition) is 0. The van der Waals surface area contributed by atoms with Crippen molar-refractivity contribution in [2.45, 2.75) is 54.4 Å². The maximum absolute atomic E-state index is 6.84. The van der Waals surface area contributed by atoms with Crippen molar-refractivity contribution < 1.29 is 14.2 Å². The molecule has 0 bridgehead atoms. The van der Waals surface area contributed by atoms with Gasteiger partial charge in [-0.15, -0.1) is 0 Å². The highest BCUT2D eigenvalue weighted by molar-refractivity contribution is 6.51. The Labute approximate surface area is 202 Å². The van der Waals surface area contributed by atoms with E-state index in [1.54, 1.807) is 59.8 Å². The van der Waals surface area contributed by atoms with E-state index in [1.807, 2.05) is 0 Å². The lowest BCUT2D eigenvalue weighted by Crippen LogP contribution is -2.70. The zero-order valence-electron chi connectivity index (χ0n) is 18.9. The molecule has 0 amide bonds. The predicted octanol–water partition coefficient (Wildman–Crippen LogP) is 5.81. The van der Waals surface area contributed by atoms with Crippen LogP contribution in [0.2, 0.25) is 0 Å². The molecule has 7 aromatic rings. The fourth-order valence-electron chi connectivity index (χ4n) is 11.6. The smallest absolute Gasteiger partial charge is 0.127 e. The van der Waals surface area contributed by atoms with Gasteiger partial charge in [0, 0.05) is 6.42 Å². The molecule has 3 heterocycles. The van der Waals surface area contributed by atoms with Gasteiger partial charge in [-0.2, -0.15) is 0 Å². The Morgan fingerprint density at radius 3 is 2.28 bits per heavy atom. The lowest BCUT2D eigenvalue weighted by atomic mass is 9.54. The molecule has 3 nitrogen and oxygen atoms in total. The summed E-state index contributed by atoms with van der Waals surface area (Å²) in [5.41, 5.74) is 10.6. The molecule has 15 rings (SSSR count). The van der Waals surface area contributed by atoms with Crippen LogP contribution < -0.4 is 0 Å². The van der Waals surface area contributed by atoms with Crippen LogP contribution in [-0.2, 0) is 38.1 Å². The second-order valence-corrected chi connectivity index (χ2v) is 13.2. The largest absolute Gasteiger partial charge is 0.367 e. The topological polar surface area (TPSA) is 34.3 Å².